The number of hydrogen-bond acceptors (Lipinski definition) is 3. The number of nitrogens with zero attached hydrogens (tertiary/aromatic N) is 1. The Morgan fingerprint density at radius 1 is 1.64 bits per heavy atom. The molecule has 0 aliphatic carbocycles. The number of carbonyl (C=O) groups excluding carboxylic acids is 1. The lowest BCUT2D eigenvalue weighted by Gasteiger charge is -2.03. The molecule has 0 bridgehead atoms. The maximum Gasteiger partial charge on any atom is 0.230 e. The fourth-order valence-electron chi connectivity index (χ4n) is 0.949. The third kappa shape index (κ3) is 4.28. The predicted octanol–water partition coefficient (Wildman–Crippen LogP) is 1.45. The monoisotopic (exact) mass is 210 g/mol. The van der Waals surface area contributed by atoms with Gasteiger partial charge in [-0.05, 0) is 17.4 Å². The number of pyridine rings is 1. The van der Waals surface area contributed by atoms with Gasteiger partial charge in [0.15, 0.2) is 0 Å². The van der Waals surface area contributed by atoms with Crippen LogP contribution >= 0.6 is 11.8 Å². The molecule has 0 saturated heterocycles. The highest BCUT2D eigenvalue weighted by Crippen LogP contribution is 1.98. The Bertz CT molecular complexity index is 277. The van der Waals surface area contributed by atoms with Gasteiger partial charge in [0.1, 0.15) is 0 Å². The molecule has 1 amide bonds. The van der Waals surface area contributed by atoms with Gasteiger partial charge in [-0.25, -0.2) is 0 Å². The molecule has 0 atom stereocenters. The van der Waals surface area contributed by atoms with Crippen molar-refractivity contribution in [2.24, 2.45) is 0 Å². The maximum atomic E-state index is 11.2. The van der Waals surface area contributed by atoms with Crippen molar-refractivity contribution in [3.8, 4) is 0 Å². The minimum Gasteiger partial charge on any atom is -0.351 e. The molecule has 0 aliphatic heterocycles. The molecule has 0 fully saturated rings. The molecule has 0 spiro atoms. The topological polar surface area (TPSA) is 42.0 Å². The van der Waals surface area contributed by atoms with E-state index >= 15 is 0 Å². The van der Waals surface area contributed by atoms with Crippen molar-refractivity contribution in [3.05, 3.63) is 30.1 Å². The van der Waals surface area contributed by atoms with Crippen LogP contribution in [0.3, 0.4) is 0 Å². The van der Waals surface area contributed by atoms with E-state index in [1.54, 1.807) is 24.2 Å². The summed E-state index contributed by atoms with van der Waals surface area (Å²) in [6.07, 6.45) is 3.48. The lowest BCUT2D eigenvalue weighted by molar-refractivity contribution is -0.118. The minimum absolute atomic E-state index is 0.0840. The lowest BCUT2D eigenvalue weighted by atomic mass is 10.3. The van der Waals surface area contributed by atoms with Crippen molar-refractivity contribution in [2.75, 3.05) is 11.5 Å². The Kier molecular flexibility index (Phi) is 5.07. The Balaban J connectivity index is 2.24. The number of amides is 1. The zero-order valence-electron chi connectivity index (χ0n) is 8.19. The molecule has 1 rings (SSSR count). The first kappa shape index (κ1) is 11.0. The van der Waals surface area contributed by atoms with Crippen LogP contribution in [-0.4, -0.2) is 22.4 Å². The van der Waals surface area contributed by atoms with Gasteiger partial charge in [-0.1, -0.05) is 13.0 Å². The van der Waals surface area contributed by atoms with Crippen LogP contribution in [0.2, 0.25) is 0 Å². The van der Waals surface area contributed by atoms with Gasteiger partial charge in [0, 0.05) is 18.9 Å². The van der Waals surface area contributed by atoms with Crippen LogP contribution in [0.1, 0.15) is 12.5 Å². The summed E-state index contributed by atoms with van der Waals surface area (Å²) >= 11 is 1.62. The molecule has 1 N–H and O–H groups in total. The number of rotatable bonds is 5. The molecule has 0 radical (unpaired) electrons. The van der Waals surface area contributed by atoms with Gasteiger partial charge >= 0.3 is 0 Å². The smallest absolute Gasteiger partial charge is 0.230 e. The molecule has 4 heteroatoms. The fourth-order valence-corrected chi connectivity index (χ4v) is 1.44. The summed E-state index contributed by atoms with van der Waals surface area (Å²) < 4.78 is 0. The first-order valence-corrected chi connectivity index (χ1v) is 5.71. The summed E-state index contributed by atoms with van der Waals surface area (Å²) in [5.74, 6) is 1.59. The molecular weight excluding hydrogens is 196 g/mol. The van der Waals surface area contributed by atoms with Crippen molar-refractivity contribution >= 4 is 17.7 Å². The molecule has 3 nitrogen and oxygen atoms in total. The van der Waals surface area contributed by atoms with Crippen molar-refractivity contribution in [1.82, 2.24) is 10.3 Å². The standard InChI is InChI=1S/C10H14N2OS/c1-2-14-8-10(13)12-7-9-4-3-5-11-6-9/h3-6H,2,7-8H2,1H3,(H,12,13). The zero-order valence-corrected chi connectivity index (χ0v) is 9.01. The number of aromatic nitrogens is 1. The average molecular weight is 210 g/mol. The first-order chi connectivity index (χ1) is 6.83. The molecule has 0 unspecified atom stereocenters. The molecule has 76 valence electrons. The molecule has 1 aromatic heterocycles. The lowest BCUT2D eigenvalue weighted by Crippen LogP contribution is -2.24. The van der Waals surface area contributed by atoms with Crippen LogP contribution < -0.4 is 5.32 Å². The van der Waals surface area contributed by atoms with E-state index in [4.69, 9.17) is 0 Å². The second-order valence-corrected chi connectivity index (χ2v) is 4.05. The van der Waals surface area contributed by atoms with Gasteiger partial charge in [0.25, 0.3) is 0 Å². The summed E-state index contributed by atoms with van der Waals surface area (Å²) in [6.45, 7) is 2.61. The van der Waals surface area contributed by atoms with Gasteiger partial charge in [0.2, 0.25) is 5.91 Å². The minimum atomic E-state index is 0.0840. The van der Waals surface area contributed by atoms with Gasteiger partial charge < -0.3 is 5.32 Å². The van der Waals surface area contributed by atoms with Crippen LogP contribution in [0.5, 0.6) is 0 Å². The van der Waals surface area contributed by atoms with E-state index < -0.39 is 0 Å². The quantitative estimate of drug-likeness (QED) is 0.800. The zero-order chi connectivity index (χ0) is 10.2. The van der Waals surface area contributed by atoms with E-state index in [1.807, 2.05) is 19.1 Å². The third-order valence-corrected chi connectivity index (χ3v) is 2.52. The van der Waals surface area contributed by atoms with E-state index in [0.717, 1.165) is 11.3 Å². The predicted molar refractivity (Wildman–Crippen MR) is 59.1 cm³/mol. The van der Waals surface area contributed by atoms with Crippen molar-refractivity contribution in [2.45, 2.75) is 13.5 Å². The Morgan fingerprint density at radius 2 is 2.50 bits per heavy atom. The summed E-state index contributed by atoms with van der Waals surface area (Å²) in [4.78, 5) is 15.2. The van der Waals surface area contributed by atoms with Crippen LogP contribution in [-0.2, 0) is 11.3 Å². The van der Waals surface area contributed by atoms with E-state index in [2.05, 4.69) is 10.3 Å². The van der Waals surface area contributed by atoms with Crippen LogP contribution in [0.25, 0.3) is 0 Å². The van der Waals surface area contributed by atoms with Crippen LogP contribution in [0.15, 0.2) is 24.5 Å². The van der Waals surface area contributed by atoms with Gasteiger partial charge in [-0.2, -0.15) is 11.8 Å². The Labute approximate surface area is 88.3 Å². The van der Waals surface area contributed by atoms with Crippen LogP contribution in [0, 0.1) is 0 Å². The highest BCUT2D eigenvalue weighted by molar-refractivity contribution is 7.99. The summed E-state index contributed by atoms with van der Waals surface area (Å²) in [6, 6.07) is 3.81. The van der Waals surface area contributed by atoms with Crippen molar-refractivity contribution in [3.63, 3.8) is 0 Å². The van der Waals surface area contributed by atoms with Gasteiger partial charge in [-0.3, -0.25) is 9.78 Å². The molecule has 0 aliphatic rings. The SMILES string of the molecule is CCSCC(=O)NCc1cccnc1. The molecule has 0 aromatic carbocycles. The molecule has 0 saturated carbocycles. The van der Waals surface area contributed by atoms with Crippen molar-refractivity contribution < 1.29 is 4.79 Å². The largest absolute Gasteiger partial charge is 0.351 e. The summed E-state index contributed by atoms with van der Waals surface area (Å²) in [5.41, 5.74) is 1.03. The van der Waals surface area contributed by atoms with E-state index in [0.29, 0.717) is 12.3 Å². The second-order valence-electron chi connectivity index (χ2n) is 2.78. The van der Waals surface area contributed by atoms with Gasteiger partial charge in [0.05, 0.1) is 5.75 Å². The van der Waals surface area contributed by atoms with Gasteiger partial charge in [-0.15, -0.1) is 0 Å². The maximum absolute atomic E-state index is 11.2. The summed E-state index contributed by atoms with van der Waals surface area (Å²) in [5, 5.41) is 2.83. The summed E-state index contributed by atoms with van der Waals surface area (Å²) in [7, 11) is 0. The van der Waals surface area contributed by atoms with E-state index in [9.17, 15) is 4.79 Å². The van der Waals surface area contributed by atoms with E-state index in [-0.39, 0.29) is 5.91 Å². The number of nitrogens with one attached hydrogen (secondary N) is 1. The van der Waals surface area contributed by atoms with E-state index in [1.165, 1.54) is 0 Å². The molecular formula is C10H14N2OS. The number of thioether (sulfide) groups is 1. The molecule has 1 aromatic rings. The third-order valence-electron chi connectivity index (χ3n) is 1.65. The van der Waals surface area contributed by atoms with Crippen LogP contribution in [0.4, 0.5) is 0 Å². The molecule has 14 heavy (non-hydrogen) atoms. The highest BCUT2D eigenvalue weighted by Gasteiger charge is 1.99. The normalized spacial score (nSPS) is 9.79. The Morgan fingerprint density at radius 3 is 3.14 bits per heavy atom. The first-order valence-electron chi connectivity index (χ1n) is 4.56. The Hall–Kier alpha value is -1.03. The fraction of sp³-hybridized carbons (Fsp3) is 0.400. The highest BCUT2D eigenvalue weighted by atomic mass is 32.2. The van der Waals surface area contributed by atoms with Crippen molar-refractivity contribution in [1.29, 1.82) is 0 Å². The average Bonchev–Trinajstić information content (AvgIpc) is 2.25. The second kappa shape index (κ2) is 6.43. The number of carbonyl (C=O) groups is 1. The number of hydrogen-bond donors (Lipinski definition) is 1. The molecule has 1 heterocycles.